The standard InChI is InChI=1S/C11H10N4S/c1-2-10-9(14-7-16-10)5-8(1)15-11-3-4-12-6-13-11/h1-2,5-7H,3-4H2,(H,12,13,15). The van der Waals surface area contributed by atoms with E-state index in [0.29, 0.717) is 0 Å². The number of anilines is 1. The van der Waals surface area contributed by atoms with E-state index in [1.807, 2.05) is 11.6 Å². The zero-order valence-corrected chi connectivity index (χ0v) is 9.37. The van der Waals surface area contributed by atoms with Crippen molar-refractivity contribution in [3.8, 4) is 0 Å². The Hall–Kier alpha value is -1.75. The minimum atomic E-state index is 0.810. The smallest absolute Gasteiger partial charge is 0.111 e. The number of nitrogens with one attached hydrogen (secondary N) is 1. The van der Waals surface area contributed by atoms with Gasteiger partial charge in [-0.1, -0.05) is 0 Å². The van der Waals surface area contributed by atoms with Gasteiger partial charge in [-0.2, -0.15) is 0 Å². The van der Waals surface area contributed by atoms with Crippen LogP contribution in [0.4, 0.5) is 5.69 Å². The Morgan fingerprint density at radius 3 is 3.19 bits per heavy atom. The highest BCUT2D eigenvalue weighted by molar-refractivity contribution is 7.16. The number of hydrogen-bond acceptors (Lipinski definition) is 5. The molecule has 2 aromatic rings. The first-order chi connectivity index (χ1) is 7.92. The molecule has 0 fully saturated rings. The van der Waals surface area contributed by atoms with Gasteiger partial charge in [0, 0.05) is 18.7 Å². The van der Waals surface area contributed by atoms with Gasteiger partial charge in [-0.25, -0.2) is 9.98 Å². The Morgan fingerprint density at radius 2 is 2.31 bits per heavy atom. The summed E-state index contributed by atoms with van der Waals surface area (Å²) in [6.07, 6.45) is 2.47. The fourth-order valence-corrected chi connectivity index (χ4v) is 2.26. The maximum absolute atomic E-state index is 4.28. The lowest BCUT2D eigenvalue weighted by molar-refractivity contribution is 1.02. The molecule has 16 heavy (non-hydrogen) atoms. The zero-order chi connectivity index (χ0) is 10.8. The van der Waals surface area contributed by atoms with Crippen molar-refractivity contribution in [1.82, 2.24) is 4.98 Å². The molecule has 1 N–H and O–H groups in total. The molecule has 3 rings (SSSR count). The molecule has 0 amide bonds. The predicted molar refractivity (Wildman–Crippen MR) is 68.7 cm³/mol. The Balaban J connectivity index is 1.88. The molecule has 0 saturated heterocycles. The van der Waals surface area contributed by atoms with E-state index in [2.05, 4.69) is 32.4 Å². The van der Waals surface area contributed by atoms with E-state index < -0.39 is 0 Å². The molecule has 1 aliphatic heterocycles. The van der Waals surface area contributed by atoms with Gasteiger partial charge < -0.3 is 5.32 Å². The van der Waals surface area contributed by atoms with Crippen LogP contribution < -0.4 is 5.32 Å². The number of amidine groups is 1. The van der Waals surface area contributed by atoms with Crippen LogP contribution in [0.2, 0.25) is 0 Å². The van der Waals surface area contributed by atoms with Gasteiger partial charge in [0.15, 0.2) is 0 Å². The monoisotopic (exact) mass is 230 g/mol. The number of rotatable bonds is 1. The Kier molecular flexibility index (Phi) is 2.38. The predicted octanol–water partition coefficient (Wildman–Crippen LogP) is 2.54. The molecule has 0 radical (unpaired) electrons. The first kappa shape index (κ1) is 9.47. The maximum Gasteiger partial charge on any atom is 0.111 e. The third kappa shape index (κ3) is 1.81. The van der Waals surface area contributed by atoms with Gasteiger partial charge in [-0.3, -0.25) is 4.99 Å². The average Bonchev–Trinajstić information content (AvgIpc) is 2.77. The van der Waals surface area contributed by atoms with Gasteiger partial charge in [-0.15, -0.1) is 11.3 Å². The Bertz CT molecular complexity index is 570. The number of aromatic nitrogens is 1. The molecule has 0 atom stereocenters. The summed E-state index contributed by atoms with van der Waals surface area (Å²) in [5.41, 5.74) is 3.92. The van der Waals surface area contributed by atoms with Crippen LogP contribution >= 0.6 is 11.3 Å². The van der Waals surface area contributed by atoms with E-state index in [1.165, 1.54) is 4.70 Å². The summed E-state index contributed by atoms with van der Waals surface area (Å²) in [6, 6.07) is 6.17. The third-order valence-corrected chi connectivity index (χ3v) is 3.20. The average molecular weight is 230 g/mol. The van der Waals surface area contributed by atoms with Gasteiger partial charge in [0.05, 0.1) is 15.7 Å². The third-order valence-electron chi connectivity index (χ3n) is 2.39. The van der Waals surface area contributed by atoms with E-state index in [-0.39, 0.29) is 0 Å². The summed E-state index contributed by atoms with van der Waals surface area (Å²) >= 11 is 1.65. The molecule has 5 heteroatoms. The van der Waals surface area contributed by atoms with Crippen LogP contribution in [0.3, 0.4) is 0 Å². The van der Waals surface area contributed by atoms with E-state index in [9.17, 15) is 0 Å². The minimum absolute atomic E-state index is 0.810. The first-order valence-corrected chi connectivity index (χ1v) is 5.95. The van der Waals surface area contributed by atoms with Crippen LogP contribution in [0.1, 0.15) is 6.42 Å². The normalized spacial score (nSPS) is 15.1. The molecule has 0 spiro atoms. The van der Waals surface area contributed by atoms with Gasteiger partial charge >= 0.3 is 0 Å². The lowest BCUT2D eigenvalue weighted by atomic mass is 10.2. The maximum atomic E-state index is 4.28. The van der Waals surface area contributed by atoms with E-state index >= 15 is 0 Å². The molecule has 80 valence electrons. The Morgan fingerprint density at radius 1 is 1.31 bits per heavy atom. The van der Waals surface area contributed by atoms with Crippen LogP contribution in [-0.2, 0) is 0 Å². The lowest BCUT2D eigenvalue weighted by Crippen LogP contribution is -2.15. The highest BCUT2D eigenvalue weighted by Gasteiger charge is 2.04. The summed E-state index contributed by atoms with van der Waals surface area (Å²) in [4.78, 5) is 12.5. The molecule has 0 aliphatic carbocycles. The second-order valence-corrected chi connectivity index (χ2v) is 4.39. The van der Waals surface area contributed by atoms with E-state index in [4.69, 9.17) is 0 Å². The number of fused-ring (bicyclic) bond motifs is 1. The van der Waals surface area contributed by atoms with Gasteiger partial charge in [0.25, 0.3) is 0 Å². The lowest BCUT2D eigenvalue weighted by Gasteiger charge is -2.10. The van der Waals surface area contributed by atoms with Crippen LogP contribution in [0.15, 0.2) is 33.7 Å². The number of benzene rings is 1. The fourth-order valence-electron chi connectivity index (χ4n) is 1.60. The van der Waals surface area contributed by atoms with Crippen LogP contribution in [0.5, 0.6) is 0 Å². The second kappa shape index (κ2) is 4.02. The van der Waals surface area contributed by atoms with E-state index in [0.717, 1.165) is 30.0 Å². The molecule has 0 bridgehead atoms. The summed E-state index contributed by atoms with van der Waals surface area (Å²) in [5, 5.41) is 3.29. The molecule has 1 aromatic heterocycles. The van der Waals surface area contributed by atoms with Crippen LogP contribution in [0.25, 0.3) is 10.2 Å². The number of nitrogens with zero attached hydrogens (tertiary/aromatic N) is 3. The second-order valence-electron chi connectivity index (χ2n) is 3.51. The first-order valence-electron chi connectivity index (χ1n) is 5.07. The van der Waals surface area contributed by atoms with Crippen LogP contribution in [-0.4, -0.2) is 23.7 Å². The fraction of sp³-hybridized carbons (Fsp3) is 0.182. The van der Waals surface area contributed by atoms with Crippen molar-refractivity contribution >= 4 is 39.4 Å². The molecule has 1 aromatic carbocycles. The van der Waals surface area contributed by atoms with Gasteiger partial charge in [-0.05, 0) is 18.2 Å². The molecule has 1 aliphatic rings. The van der Waals surface area contributed by atoms with Crippen molar-refractivity contribution < 1.29 is 0 Å². The van der Waals surface area contributed by atoms with Crippen molar-refractivity contribution in [3.63, 3.8) is 0 Å². The molecule has 0 saturated carbocycles. The number of hydrogen-bond donors (Lipinski definition) is 1. The largest absolute Gasteiger partial charge is 0.344 e. The number of aliphatic imine (C=N–C) groups is 2. The van der Waals surface area contributed by atoms with Gasteiger partial charge in [0.2, 0.25) is 0 Å². The van der Waals surface area contributed by atoms with Crippen molar-refractivity contribution in [2.45, 2.75) is 6.42 Å². The van der Waals surface area contributed by atoms with E-state index in [1.54, 1.807) is 17.7 Å². The van der Waals surface area contributed by atoms with Crippen molar-refractivity contribution in [3.05, 3.63) is 23.7 Å². The molecule has 2 heterocycles. The highest BCUT2D eigenvalue weighted by Crippen LogP contribution is 2.21. The van der Waals surface area contributed by atoms with Gasteiger partial charge in [0.1, 0.15) is 12.2 Å². The summed E-state index contributed by atoms with van der Waals surface area (Å²) in [6.45, 7) is 0.810. The van der Waals surface area contributed by atoms with Crippen molar-refractivity contribution in [2.75, 3.05) is 11.9 Å². The minimum Gasteiger partial charge on any atom is -0.344 e. The molecular formula is C11H10N4S. The Labute approximate surface area is 96.8 Å². The summed E-state index contributed by atoms with van der Waals surface area (Å²) in [5.74, 6) is 0.963. The summed E-state index contributed by atoms with van der Waals surface area (Å²) < 4.78 is 1.21. The topological polar surface area (TPSA) is 49.6 Å². The zero-order valence-electron chi connectivity index (χ0n) is 8.55. The van der Waals surface area contributed by atoms with Crippen LogP contribution in [0, 0.1) is 0 Å². The van der Waals surface area contributed by atoms with Crippen molar-refractivity contribution in [1.29, 1.82) is 0 Å². The molecule has 4 nitrogen and oxygen atoms in total. The quantitative estimate of drug-likeness (QED) is 0.818. The van der Waals surface area contributed by atoms with Crippen molar-refractivity contribution in [2.24, 2.45) is 9.98 Å². The SMILES string of the molecule is C1=NCCC(Nc2ccc3scnc3c2)=N1. The molecular weight excluding hydrogens is 220 g/mol. The highest BCUT2D eigenvalue weighted by atomic mass is 32.1. The number of thiazole rings is 1. The summed E-state index contributed by atoms with van der Waals surface area (Å²) in [7, 11) is 0. The molecule has 0 unspecified atom stereocenters.